The highest BCUT2D eigenvalue weighted by atomic mass is 19.1. The van der Waals surface area contributed by atoms with Crippen LogP contribution < -0.4 is 0 Å². The smallest absolute Gasteiger partial charge is 0.0827 e. The Labute approximate surface area is 142 Å². The molecule has 1 fully saturated rings. The van der Waals surface area contributed by atoms with Gasteiger partial charge < -0.3 is 0 Å². The fraction of sp³-hybridized carbons (Fsp3) is 0.636. The van der Waals surface area contributed by atoms with Crippen LogP contribution in [0, 0.1) is 11.8 Å². The maximum absolute atomic E-state index is 11.9. The summed E-state index contributed by atoms with van der Waals surface area (Å²) in [6.45, 7) is 2.30. The molecule has 1 aromatic rings. The van der Waals surface area contributed by atoms with Gasteiger partial charge in [-0.3, -0.25) is 0 Å². The average Bonchev–Trinajstić information content (AvgIpc) is 2.60. The summed E-state index contributed by atoms with van der Waals surface area (Å²) in [6.07, 6.45) is 16.6. The minimum absolute atomic E-state index is 0.644. The highest BCUT2D eigenvalue weighted by Gasteiger charge is 2.20. The van der Waals surface area contributed by atoms with Crippen molar-refractivity contribution in [3.63, 3.8) is 0 Å². The third-order valence-corrected chi connectivity index (χ3v) is 5.49. The van der Waals surface area contributed by atoms with Gasteiger partial charge in [-0.2, -0.15) is 0 Å². The predicted octanol–water partition coefficient (Wildman–Crippen LogP) is 7.03. The Hall–Kier alpha value is -1.11. The van der Waals surface area contributed by atoms with Gasteiger partial charge in [0, 0.05) is 0 Å². The summed E-state index contributed by atoms with van der Waals surface area (Å²) in [7, 11) is 0. The monoisotopic (exact) mass is 316 g/mol. The molecule has 0 spiro atoms. The molecule has 0 amide bonds. The number of halogens is 1. The first-order chi connectivity index (χ1) is 11.3. The molecular formula is C22H33F. The molecule has 128 valence electrons. The van der Waals surface area contributed by atoms with Crippen molar-refractivity contribution in [1.29, 1.82) is 0 Å². The molecular weight excluding hydrogens is 283 g/mol. The molecule has 0 saturated heterocycles. The quantitative estimate of drug-likeness (QED) is 0.458. The second-order valence-corrected chi connectivity index (χ2v) is 7.28. The lowest BCUT2D eigenvalue weighted by Gasteiger charge is -2.28. The maximum atomic E-state index is 11.9. The van der Waals surface area contributed by atoms with Gasteiger partial charge in [0.2, 0.25) is 0 Å². The van der Waals surface area contributed by atoms with E-state index < -0.39 is 0 Å². The Balaban J connectivity index is 1.66. The van der Waals surface area contributed by atoms with Gasteiger partial charge in [0.15, 0.2) is 0 Å². The molecule has 0 heterocycles. The third-order valence-electron chi connectivity index (χ3n) is 5.49. The van der Waals surface area contributed by atoms with E-state index in [2.05, 4.69) is 31.2 Å². The minimum Gasteiger partial charge on any atom is -0.216 e. The first-order valence-electron chi connectivity index (χ1n) is 9.64. The first-order valence-corrected chi connectivity index (χ1v) is 9.64. The Kier molecular flexibility index (Phi) is 8.42. The number of unbranched alkanes of at least 4 members (excludes halogenated alkanes) is 1. The van der Waals surface area contributed by atoms with Crippen molar-refractivity contribution in [3.8, 4) is 0 Å². The van der Waals surface area contributed by atoms with E-state index in [1.54, 1.807) is 6.08 Å². The van der Waals surface area contributed by atoms with Gasteiger partial charge in [-0.15, -0.1) is 0 Å². The molecule has 1 aliphatic carbocycles. The molecule has 23 heavy (non-hydrogen) atoms. The summed E-state index contributed by atoms with van der Waals surface area (Å²) in [4.78, 5) is 0. The van der Waals surface area contributed by atoms with Crippen LogP contribution in [-0.4, -0.2) is 0 Å². The zero-order chi connectivity index (χ0) is 16.3. The molecule has 0 aromatic heterocycles. The second kappa shape index (κ2) is 10.6. The molecule has 0 radical (unpaired) electrons. The maximum Gasteiger partial charge on any atom is 0.0827 e. The van der Waals surface area contributed by atoms with Crippen LogP contribution in [0.15, 0.2) is 36.7 Å². The van der Waals surface area contributed by atoms with Crippen LogP contribution in [0.1, 0.15) is 75.8 Å². The van der Waals surface area contributed by atoms with Gasteiger partial charge in [-0.05, 0) is 48.6 Å². The molecule has 2 rings (SSSR count). The molecule has 1 aromatic carbocycles. The first kappa shape index (κ1) is 18.2. The summed E-state index contributed by atoms with van der Waals surface area (Å²) >= 11 is 0. The lowest BCUT2D eigenvalue weighted by Crippen LogP contribution is -2.15. The Morgan fingerprint density at radius 2 is 1.48 bits per heavy atom. The molecule has 0 bridgehead atoms. The van der Waals surface area contributed by atoms with Crippen molar-refractivity contribution in [3.05, 3.63) is 47.8 Å². The normalized spacial score (nSPS) is 21.8. The SMILES string of the molecule is CCCCC1CCC(CCc2ccc(CC/C=C/F)cc2)CC1. The Morgan fingerprint density at radius 3 is 2.04 bits per heavy atom. The summed E-state index contributed by atoms with van der Waals surface area (Å²) < 4.78 is 11.9. The Morgan fingerprint density at radius 1 is 0.913 bits per heavy atom. The van der Waals surface area contributed by atoms with Crippen LogP contribution in [0.5, 0.6) is 0 Å². The van der Waals surface area contributed by atoms with Crippen molar-refractivity contribution < 1.29 is 4.39 Å². The van der Waals surface area contributed by atoms with E-state index >= 15 is 0 Å². The lowest BCUT2D eigenvalue weighted by molar-refractivity contribution is 0.250. The van der Waals surface area contributed by atoms with Crippen LogP contribution >= 0.6 is 0 Å². The predicted molar refractivity (Wildman–Crippen MR) is 98.3 cm³/mol. The minimum atomic E-state index is 0.644. The summed E-state index contributed by atoms with van der Waals surface area (Å²) in [5, 5.41) is 0. The lowest BCUT2D eigenvalue weighted by atomic mass is 9.78. The van der Waals surface area contributed by atoms with Crippen LogP contribution in [-0.2, 0) is 12.8 Å². The summed E-state index contributed by atoms with van der Waals surface area (Å²) in [5.74, 6) is 1.96. The van der Waals surface area contributed by atoms with Crippen LogP contribution in [0.4, 0.5) is 4.39 Å². The number of hydrogen-bond donors (Lipinski definition) is 0. The van der Waals surface area contributed by atoms with Gasteiger partial charge in [-0.1, -0.05) is 82.2 Å². The second-order valence-electron chi connectivity index (χ2n) is 7.28. The molecule has 1 saturated carbocycles. The van der Waals surface area contributed by atoms with Gasteiger partial charge in [0.05, 0.1) is 6.33 Å². The molecule has 0 nitrogen and oxygen atoms in total. The van der Waals surface area contributed by atoms with Crippen molar-refractivity contribution in [1.82, 2.24) is 0 Å². The molecule has 1 heteroatoms. The standard InChI is InChI=1S/C22H33F/c1-2-3-6-19-8-12-21(13-9-19)16-17-22-14-10-20(11-15-22)7-4-5-18-23/h5,10-11,14-15,18-19,21H,2-4,6-9,12-13,16-17H2,1H3/b18-5+. The van der Waals surface area contributed by atoms with Gasteiger partial charge in [-0.25, -0.2) is 4.39 Å². The molecule has 0 aliphatic heterocycles. The highest BCUT2D eigenvalue weighted by molar-refractivity contribution is 5.23. The third kappa shape index (κ3) is 6.89. The molecule has 1 aliphatic rings. The van der Waals surface area contributed by atoms with Crippen LogP contribution in [0.2, 0.25) is 0 Å². The van der Waals surface area contributed by atoms with E-state index in [0.717, 1.165) is 24.7 Å². The zero-order valence-corrected chi connectivity index (χ0v) is 14.8. The van der Waals surface area contributed by atoms with E-state index in [0.29, 0.717) is 6.33 Å². The zero-order valence-electron chi connectivity index (χ0n) is 14.8. The average molecular weight is 317 g/mol. The summed E-state index contributed by atoms with van der Waals surface area (Å²) in [6, 6.07) is 8.95. The fourth-order valence-electron chi connectivity index (χ4n) is 3.86. The van der Waals surface area contributed by atoms with Gasteiger partial charge in [0.25, 0.3) is 0 Å². The van der Waals surface area contributed by atoms with Crippen LogP contribution in [0.25, 0.3) is 0 Å². The van der Waals surface area contributed by atoms with Gasteiger partial charge in [0.1, 0.15) is 0 Å². The number of allylic oxidation sites excluding steroid dienone is 1. The molecule has 0 atom stereocenters. The largest absolute Gasteiger partial charge is 0.216 e. The van der Waals surface area contributed by atoms with Crippen molar-refractivity contribution in [2.45, 2.75) is 77.6 Å². The van der Waals surface area contributed by atoms with E-state index in [-0.39, 0.29) is 0 Å². The fourth-order valence-corrected chi connectivity index (χ4v) is 3.86. The van der Waals surface area contributed by atoms with Crippen molar-refractivity contribution in [2.75, 3.05) is 0 Å². The van der Waals surface area contributed by atoms with Crippen molar-refractivity contribution >= 4 is 0 Å². The number of aryl methyl sites for hydroxylation is 2. The Bertz CT molecular complexity index is 438. The van der Waals surface area contributed by atoms with Gasteiger partial charge >= 0.3 is 0 Å². The topological polar surface area (TPSA) is 0 Å². The highest BCUT2D eigenvalue weighted by Crippen LogP contribution is 2.34. The van der Waals surface area contributed by atoms with E-state index in [9.17, 15) is 4.39 Å². The van der Waals surface area contributed by atoms with Crippen molar-refractivity contribution in [2.24, 2.45) is 11.8 Å². The number of benzene rings is 1. The van der Waals surface area contributed by atoms with E-state index in [1.807, 2.05) is 0 Å². The van der Waals surface area contributed by atoms with E-state index in [4.69, 9.17) is 0 Å². The summed E-state index contributed by atoms with van der Waals surface area (Å²) in [5.41, 5.74) is 2.77. The molecule has 0 unspecified atom stereocenters. The van der Waals surface area contributed by atoms with E-state index in [1.165, 1.54) is 68.9 Å². The number of hydrogen-bond acceptors (Lipinski definition) is 0. The number of rotatable bonds is 9. The van der Waals surface area contributed by atoms with Crippen LogP contribution in [0.3, 0.4) is 0 Å². The molecule has 0 N–H and O–H groups in total.